The van der Waals surface area contributed by atoms with Crippen molar-refractivity contribution in [2.45, 2.75) is 11.8 Å². The molecule has 1 atom stereocenters. The summed E-state index contributed by atoms with van der Waals surface area (Å²) in [6.07, 6.45) is 0. The molecule has 0 heterocycles. The van der Waals surface area contributed by atoms with E-state index in [0.717, 1.165) is 25.3 Å². The number of hydrogen-bond acceptors (Lipinski definition) is 5. The van der Waals surface area contributed by atoms with Crippen molar-refractivity contribution in [1.82, 2.24) is 4.72 Å². The first kappa shape index (κ1) is 17.5. The maximum atomic E-state index is 13.3. The van der Waals surface area contributed by atoms with Crippen molar-refractivity contribution in [3.05, 3.63) is 29.6 Å². The zero-order valence-electron chi connectivity index (χ0n) is 12.1. The molecule has 0 amide bonds. The molecule has 118 valence electrons. The van der Waals surface area contributed by atoms with Gasteiger partial charge in [-0.15, -0.1) is 0 Å². The second-order valence-electron chi connectivity index (χ2n) is 4.54. The predicted molar refractivity (Wildman–Crippen MR) is 74.0 cm³/mol. The highest BCUT2D eigenvalue weighted by Crippen LogP contribution is 2.18. The van der Waals surface area contributed by atoms with Crippen LogP contribution >= 0.6 is 0 Å². The molecular formula is C13H18FNO5S. The van der Waals surface area contributed by atoms with Crippen molar-refractivity contribution >= 4 is 16.0 Å². The van der Waals surface area contributed by atoms with Gasteiger partial charge in [-0.25, -0.2) is 22.3 Å². The van der Waals surface area contributed by atoms with Gasteiger partial charge in [0.2, 0.25) is 10.0 Å². The second kappa shape index (κ2) is 7.48. The third kappa shape index (κ3) is 4.76. The summed E-state index contributed by atoms with van der Waals surface area (Å²) in [5.74, 6) is -1.67. The van der Waals surface area contributed by atoms with Crippen molar-refractivity contribution in [1.29, 1.82) is 0 Å². The maximum absolute atomic E-state index is 13.3. The van der Waals surface area contributed by atoms with Gasteiger partial charge in [0.15, 0.2) is 0 Å². The van der Waals surface area contributed by atoms with Crippen molar-refractivity contribution in [3.8, 4) is 0 Å². The fraction of sp³-hybridized carbons (Fsp3) is 0.462. The number of methoxy groups -OCH3 is 2. The minimum absolute atomic E-state index is 0.0695. The summed E-state index contributed by atoms with van der Waals surface area (Å²) < 4.78 is 49.4. The Kier molecular flexibility index (Phi) is 6.25. The average molecular weight is 319 g/mol. The first-order valence-corrected chi connectivity index (χ1v) is 7.66. The Morgan fingerprint density at radius 3 is 2.62 bits per heavy atom. The number of sulfonamides is 1. The third-order valence-electron chi connectivity index (χ3n) is 2.71. The Labute approximate surface area is 123 Å². The molecule has 1 aromatic carbocycles. The van der Waals surface area contributed by atoms with Crippen molar-refractivity contribution in [2.75, 3.05) is 27.4 Å². The molecule has 0 aliphatic heterocycles. The van der Waals surface area contributed by atoms with Crippen LogP contribution < -0.4 is 4.72 Å². The van der Waals surface area contributed by atoms with Gasteiger partial charge >= 0.3 is 5.97 Å². The van der Waals surface area contributed by atoms with E-state index < -0.39 is 26.7 Å². The van der Waals surface area contributed by atoms with E-state index >= 15 is 0 Å². The molecular weight excluding hydrogens is 301 g/mol. The summed E-state index contributed by atoms with van der Waals surface area (Å²) in [5, 5.41) is 0. The largest absolute Gasteiger partial charge is 0.465 e. The lowest BCUT2D eigenvalue weighted by Gasteiger charge is -2.13. The Hall–Kier alpha value is -1.51. The van der Waals surface area contributed by atoms with E-state index in [-0.39, 0.29) is 18.0 Å². The topological polar surface area (TPSA) is 81.7 Å². The number of carbonyl (C=O) groups excluding carboxylic acids is 1. The number of hydrogen-bond donors (Lipinski definition) is 1. The lowest BCUT2D eigenvalue weighted by atomic mass is 10.2. The van der Waals surface area contributed by atoms with Crippen LogP contribution in [0.25, 0.3) is 0 Å². The van der Waals surface area contributed by atoms with Gasteiger partial charge in [-0.05, 0) is 24.1 Å². The van der Waals surface area contributed by atoms with Crippen molar-refractivity contribution in [2.24, 2.45) is 5.92 Å². The summed E-state index contributed by atoms with van der Waals surface area (Å²) in [4.78, 5) is 11.1. The van der Waals surface area contributed by atoms with E-state index in [1.165, 1.54) is 7.11 Å². The first-order valence-electron chi connectivity index (χ1n) is 6.18. The van der Waals surface area contributed by atoms with Crippen LogP contribution in [0.4, 0.5) is 4.39 Å². The fourth-order valence-corrected chi connectivity index (χ4v) is 3.04. The molecule has 21 heavy (non-hydrogen) atoms. The Morgan fingerprint density at radius 1 is 1.38 bits per heavy atom. The van der Waals surface area contributed by atoms with Gasteiger partial charge in [0.1, 0.15) is 5.82 Å². The highest BCUT2D eigenvalue weighted by atomic mass is 32.2. The number of nitrogens with one attached hydrogen (secondary N) is 1. The monoisotopic (exact) mass is 319 g/mol. The normalized spacial score (nSPS) is 13.0. The number of benzene rings is 1. The molecule has 0 spiro atoms. The van der Waals surface area contributed by atoms with Gasteiger partial charge in [0, 0.05) is 20.3 Å². The molecule has 0 aliphatic carbocycles. The van der Waals surface area contributed by atoms with Gasteiger partial charge in [0.25, 0.3) is 0 Å². The van der Waals surface area contributed by atoms with Gasteiger partial charge in [-0.3, -0.25) is 0 Å². The number of halogens is 1. The summed E-state index contributed by atoms with van der Waals surface area (Å²) in [6, 6.07) is 2.86. The molecule has 8 heteroatoms. The predicted octanol–water partition coefficient (Wildman–Crippen LogP) is 1.17. The van der Waals surface area contributed by atoms with Gasteiger partial charge in [-0.2, -0.15) is 0 Å². The van der Waals surface area contributed by atoms with Crippen LogP contribution in [-0.4, -0.2) is 41.8 Å². The molecule has 0 radical (unpaired) electrons. The lowest BCUT2D eigenvalue weighted by molar-refractivity contribution is 0.0596. The highest BCUT2D eigenvalue weighted by Gasteiger charge is 2.24. The SMILES string of the molecule is COCC(C)CNS(=O)(=O)c1cc(F)ccc1C(=O)OC. The smallest absolute Gasteiger partial charge is 0.339 e. The summed E-state index contributed by atoms with van der Waals surface area (Å²) in [6.45, 7) is 2.27. The summed E-state index contributed by atoms with van der Waals surface area (Å²) in [7, 11) is -1.40. The fourth-order valence-electron chi connectivity index (χ4n) is 1.67. The Bertz CT molecular complexity index is 603. The minimum Gasteiger partial charge on any atom is -0.465 e. The zero-order chi connectivity index (χ0) is 16.0. The third-order valence-corrected chi connectivity index (χ3v) is 4.17. The van der Waals surface area contributed by atoms with E-state index in [1.807, 2.05) is 0 Å². The van der Waals surface area contributed by atoms with Crippen LogP contribution in [0.3, 0.4) is 0 Å². The van der Waals surface area contributed by atoms with E-state index in [9.17, 15) is 17.6 Å². The quantitative estimate of drug-likeness (QED) is 0.763. The van der Waals surface area contributed by atoms with Gasteiger partial charge in [-0.1, -0.05) is 6.92 Å². The molecule has 1 unspecified atom stereocenters. The zero-order valence-corrected chi connectivity index (χ0v) is 12.9. The van der Waals surface area contributed by atoms with Crippen molar-refractivity contribution < 1.29 is 27.1 Å². The number of carbonyl (C=O) groups is 1. The molecule has 0 saturated heterocycles. The van der Waals surface area contributed by atoms with Gasteiger partial charge < -0.3 is 9.47 Å². The molecule has 0 fully saturated rings. The molecule has 0 bridgehead atoms. The number of ether oxygens (including phenoxy) is 2. The van der Waals surface area contributed by atoms with Crippen LogP contribution in [0.15, 0.2) is 23.1 Å². The number of esters is 1. The summed E-state index contributed by atoms with van der Waals surface area (Å²) >= 11 is 0. The van der Waals surface area contributed by atoms with Crippen LogP contribution in [0.5, 0.6) is 0 Å². The Balaban J connectivity index is 3.07. The van der Waals surface area contributed by atoms with E-state index in [1.54, 1.807) is 6.92 Å². The maximum Gasteiger partial charge on any atom is 0.339 e. The molecule has 1 rings (SSSR count). The van der Waals surface area contributed by atoms with Gasteiger partial charge in [0.05, 0.1) is 17.6 Å². The lowest BCUT2D eigenvalue weighted by Crippen LogP contribution is -2.31. The van der Waals surface area contributed by atoms with Crippen LogP contribution in [-0.2, 0) is 19.5 Å². The van der Waals surface area contributed by atoms with E-state index in [2.05, 4.69) is 9.46 Å². The minimum atomic E-state index is -4.03. The first-order chi connectivity index (χ1) is 9.81. The molecule has 0 aromatic heterocycles. The van der Waals surface area contributed by atoms with E-state index in [0.29, 0.717) is 6.61 Å². The average Bonchev–Trinajstić information content (AvgIpc) is 2.44. The summed E-state index contributed by atoms with van der Waals surface area (Å²) in [5.41, 5.74) is -0.217. The van der Waals surface area contributed by atoms with Crippen molar-refractivity contribution in [3.63, 3.8) is 0 Å². The Morgan fingerprint density at radius 2 is 2.05 bits per heavy atom. The molecule has 0 saturated carbocycles. The number of rotatable bonds is 7. The van der Waals surface area contributed by atoms with E-state index in [4.69, 9.17) is 4.74 Å². The molecule has 1 aromatic rings. The van der Waals surface area contributed by atoms with Crippen LogP contribution in [0.1, 0.15) is 17.3 Å². The highest BCUT2D eigenvalue weighted by molar-refractivity contribution is 7.89. The molecule has 6 nitrogen and oxygen atoms in total. The van der Waals surface area contributed by atoms with Crippen LogP contribution in [0.2, 0.25) is 0 Å². The second-order valence-corrected chi connectivity index (χ2v) is 6.28. The molecule has 0 aliphatic rings. The standard InChI is InChI=1S/C13H18FNO5S/c1-9(8-19-2)7-15-21(17,18)12-6-10(14)4-5-11(12)13(16)20-3/h4-6,9,15H,7-8H2,1-3H3. The molecule has 1 N–H and O–H groups in total. The van der Waals surface area contributed by atoms with Crippen LogP contribution in [0, 0.1) is 11.7 Å².